The van der Waals surface area contributed by atoms with Crippen LogP contribution in [-0.2, 0) is 6.18 Å². The van der Waals surface area contributed by atoms with Gasteiger partial charge >= 0.3 is 6.18 Å². The highest BCUT2D eigenvalue weighted by Gasteiger charge is 2.32. The first kappa shape index (κ1) is 12.4. The number of alkyl halides is 3. The van der Waals surface area contributed by atoms with Gasteiger partial charge in [0.05, 0.1) is 15.6 Å². The van der Waals surface area contributed by atoms with E-state index in [1.165, 1.54) is 0 Å². The van der Waals surface area contributed by atoms with Crippen LogP contribution in [0.25, 0.3) is 0 Å². The van der Waals surface area contributed by atoms with E-state index in [1.54, 1.807) is 0 Å². The van der Waals surface area contributed by atoms with Crippen LogP contribution in [0.15, 0.2) is 16.6 Å². The van der Waals surface area contributed by atoms with Crippen LogP contribution in [0.5, 0.6) is 0 Å². The van der Waals surface area contributed by atoms with Crippen LogP contribution in [0.1, 0.15) is 15.9 Å². The van der Waals surface area contributed by atoms with Crippen molar-refractivity contribution < 1.29 is 22.4 Å². The average molecular weight is 305 g/mol. The Labute approximate surface area is 95.2 Å². The smallest absolute Gasteiger partial charge is 0.275 e. The first-order valence-electron chi connectivity index (χ1n) is 3.49. The van der Waals surface area contributed by atoms with E-state index in [4.69, 9.17) is 11.6 Å². The minimum Gasteiger partial charge on any atom is -0.275 e. The Kier molecular flexibility index (Phi) is 3.40. The van der Waals surface area contributed by atoms with E-state index in [0.717, 1.165) is 0 Å². The van der Waals surface area contributed by atoms with Crippen molar-refractivity contribution in [1.29, 1.82) is 0 Å². The van der Waals surface area contributed by atoms with Crippen LogP contribution in [0.4, 0.5) is 17.6 Å². The molecule has 1 aromatic rings. The molecular weight excluding hydrogens is 303 g/mol. The molecule has 0 saturated carbocycles. The van der Waals surface area contributed by atoms with Gasteiger partial charge in [-0.05, 0) is 39.7 Å². The van der Waals surface area contributed by atoms with E-state index in [-0.39, 0.29) is 0 Å². The third-order valence-corrected chi connectivity index (χ3v) is 2.35. The molecule has 0 atom stereocenters. The summed E-state index contributed by atoms with van der Waals surface area (Å²) in [5.41, 5.74) is -1.95. The third-order valence-electron chi connectivity index (χ3n) is 1.57. The topological polar surface area (TPSA) is 17.1 Å². The van der Waals surface area contributed by atoms with Crippen molar-refractivity contribution in [2.24, 2.45) is 0 Å². The largest absolute Gasteiger partial charge is 0.416 e. The summed E-state index contributed by atoms with van der Waals surface area (Å²) in [7, 11) is 0. The number of benzene rings is 1. The molecule has 0 bridgehead atoms. The van der Waals surface area contributed by atoms with Crippen molar-refractivity contribution in [3.05, 3.63) is 33.5 Å². The van der Waals surface area contributed by atoms with Gasteiger partial charge in [-0.1, -0.05) is 0 Å². The summed E-state index contributed by atoms with van der Waals surface area (Å²) in [4.78, 5) is 10.6. The van der Waals surface area contributed by atoms with Gasteiger partial charge in [-0.15, -0.1) is 0 Å². The highest BCUT2D eigenvalue weighted by atomic mass is 79.9. The van der Waals surface area contributed by atoms with Gasteiger partial charge in [0.25, 0.3) is 5.24 Å². The van der Waals surface area contributed by atoms with Crippen molar-refractivity contribution in [2.75, 3.05) is 0 Å². The Balaban J connectivity index is 3.43. The van der Waals surface area contributed by atoms with E-state index in [0.29, 0.717) is 12.1 Å². The van der Waals surface area contributed by atoms with Crippen LogP contribution in [0.3, 0.4) is 0 Å². The van der Waals surface area contributed by atoms with Crippen molar-refractivity contribution >= 4 is 32.8 Å². The molecule has 0 aliphatic rings. The maximum Gasteiger partial charge on any atom is 0.416 e. The fourth-order valence-electron chi connectivity index (χ4n) is 0.896. The molecule has 7 heteroatoms. The van der Waals surface area contributed by atoms with Crippen LogP contribution in [0.2, 0.25) is 0 Å². The first-order valence-corrected chi connectivity index (χ1v) is 4.66. The second kappa shape index (κ2) is 4.09. The second-order valence-electron chi connectivity index (χ2n) is 2.59. The van der Waals surface area contributed by atoms with E-state index in [2.05, 4.69) is 15.9 Å². The summed E-state index contributed by atoms with van der Waals surface area (Å²) < 4.78 is 49.4. The molecule has 0 aliphatic carbocycles. The number of carbonyl (C=O) groups is 1. The van der Waals surface area contributed by atoms with Gasteiger partial charge in [-0.2, -0.15) is 13.2 Å². The molecule has 0 radical (unpaired) electrons. The van der Waals surface area contributed by atoms with Crippen LogP contribution >= 0.6 is 27.5 Å². The van der Waals surface area contributed by atoms with Crippen molar-refractivity contribution in [1.82, 2.24) is 0 Å². The number of rotatable bonds is 1. The molecule has 0 unspecified atom stereocenters. The van der Waals surface area contributed by atoms with Crippen LogP contribution in [-0.4, -0.2) is 5.24 Å². The lowest BCUT2D eigenvalue weighted by atomic mass is 10.1. The third kappa shape index (κ3) is 2.69. The van der Waals surface area contributed by atoms with Crippen molar-refractivity contribution in [3.63, 3.8) is 0 Å². The summed E-state index contributed by atoms with van der Waals surface area (Å²) in [6, 6.07) is 0.911. The molecule has 0 spiro atoms. The number of hydrogen-bond donors (Lipinski definition) is 0. The second-order valence-corrected chi connectivity index (χ2v) is 3.79. The molecule has 0 N–H and O–H groups in total. The monoisotopic (exact) mass is 304 g/mol. The molecule has 0 saturated heterocycles. The lowest BCUT2D eigenvalue weighted by Crippen LogP contribution is -2.08. The van der Waals surface area contributed by atoms with Gasteiger partial charge < -0.3 is 0 Å². The molecule has 0 fully saturated rings. The number of hydrogen-bond acceptors (Lipinski definition) is 1. The van der Waals surface area contributed by atoms with E-state index in [9.17, 15) is 22.4 Å². The lowest BCUT2D eigenvalue weighted by molar-refractivity contribution is -0.137. The summed E-state index contributed by atoms with van der Waals surface area (Å²) >= 11 is 7.51. The minimum absolute atomic E-state index is 0.370. The normalized spacial score (nSPS) is 11.6. The zero-order valence-corrected chi connectivity index (χ0v) is 9.17. The van der Waals surface area contributed by atoms with Gasteiger partial charge in [-0.25, -0.2) is 4.39 Å². The van der Waals surface area contributed by atoms with Crippen molar-refractivity contribution in [3.8, 4) is 0 Å². The quantitative estimate of drug-likeness (QED) is 0.566. The van der Waals surface area contributed by atoms with Gasteiger partial charge in [0, 0.05) is 0 Å². The summed E-state index contributed by atoms with van der Waals surface area (Å²) in [5, 5.41) is -1.28. The molecule has 0 aliphatic heterocycles. The van der Waals surface area contributed by atoms with E-state index in [1.807, 2.05) is 0 Å². The van der Waals surface area contributed by atoms with Gasteiger partial charge in [0.15, 0.2) is 0 Å². The fraction of sp³-hybridized carbons (Fsp3) is 0.125. The summed E-state index contributed by atoms with van der Waals surface area (Å²) in [6.07, 6.45) is -4.66. The zero-order valence-electron chi connectivity index (χ0n) is 6.83. The molecule has 1 nitrogen and oxygen atoms in total. The van der Waals surface area contributed by atoms with Crippen LogP contribution in [0, 0.1) is 5.82 Å². The summed E-state index contributed by atoms with van der Waals surface area (Å²) in [6.45, 7) is 0. The average Bonchev–Trinajstić information content (AvgIpc) is 2.06. The lowest BCUT2D eigenvalue weighted by Gasteiger charge is -2.09. The van der Waals surface area contributed by atoms with Gasteiger partial charge in [0.2, 0.25) is 0 Å². The molecule has 82 valence electrons. The standard InChI is InChI=1S/C8H2BrClF4O/c9-5-2-3(8(12,13)14)1-4(6(5)11)7(10)15/h1-2H. The highest BCUT2D eigenvalue weighted by Crippen LogP contribution is 2.33. The number of halogens is 6. The van der Waals surface area contributed by atoms with E-state index >= 15 is 0 Å². The molecule has 1 rings (SSSR count). The Morgan fingerprint density at radius 2 is 1.87 bits per heavy atom. The number of carbonyl (C=O) groups excluding carboxylic acids is 1. The fourth-order valence-corrected chi connectivity index (χ4v) is 1.49. The molecular formula is C8H2BrClF4O. The van der Waals surface area contributed by atoms with E-state index < -0.39 is 32.8 Å². The first-order chi connectivity index (χ1) is 6.73. The predicted molar refractivity (Wildman–Crippen MR) is 49.3 cm³/mol. The van der Waals surface area contributed by atoms with Crippen molar-refractivity contribution in [2.45, 2.75) is 6.18 Å². The Hall–Kier alpha value is -0.620. The summed E-state index contributed by atoms with van der Waals surface area (Å²) in [5.74, 6) is -1.11. The molecule has 1 aromatic carbocycles. The maximum absolute atomic E-state index is 13.1. The zero-order chi connectivity index (χ0) is 11.8. The van der Waals surface area contributed by atoms with Crippen LogP contribution < -0.4 is 0 Å². The predicted octanol–water partition coefficient (Wildman–Crippen LogP) is 3.99. The molecule has 0 amide bonds. The Morgan fingerprint density at radius 1 is 1.33 bits per heavy atom. The maximum atomic E-state index is 13.1. The Bertz CT molecular complexity index is 416. The highest BCUT2D eigenvalue weighted by molar-refractivity contribution is 9.10. The molecule has 0 aromatic heterocycles. The molecule has 15 heavy (non-hydrogen) atoms. The SMILES string of the molecule is O=C(Cl)c1cc(C(F)(F)F)cc(Br)c1F. The molecule has 0 heterocycles. The van der Waals surface area contributed by atoms with Gasteiger partial charge in [-0.3, -0.25) is 4.79 Å². The van der Waals surface area contributed by atoms with Gasteiger partial charge in [0.1, 0.15) is 5.82 Å². The Morgan fingerprint density at radius 3 is 2.27 bits per heavy atom. The minimum atomic E-state index is -4.66.